The van der Waals surface area contributed by atoms with E-state index in [1.54, 1.807) is 6.07 Å². The molecular formula is C44H63N3O6. The molecule has 3 saturated carbocycles. The first kappa shape index (κ1) is 38.3. The van der Waals surface area contributed by atoms with Crippen LogP contribution in [0.4, 0.5) is 0 Å². The number of aliphatic hydroxyl groups is 3. The van der Waals surface area contributed by atoms with Crippen LogP contribution >= 0.6 is 0 Å². The second-order valence-electron chi connectivity index (χ2n) is 16.8. The number of phenols is 1. The van der Waals surface area contributed by atoms with E-state index in [1.807, 2.05) is 25.1 Å². The fourth-order valence-corrected chi connectivity index (χ4v) is 11.0. The van der Waals surface area contributed by atoms with Gasteiger partial charge in [0, 0.05) is 31.2 Å². The highest BCUT2D eigenvalue weighted by atomic mass is 16.5. The number of phenolic OH excluding ortho intramolecular Hbond substituents is 1. The fourth-order valence-electron chi connectivity index (χ4n) is 11.0. The number of nitrogens with one attached hydrogen (secondary N) is 1. The van der Waals surface area contributed by atoms with Gasteiger partial charge in [-0.3, -0.25) is 0 Å². The van der Waals surface area contributed by atoms with Gasteiger partial charge in [0.1, 0.15) is 12.2 Å². The number of nitrogens with zero attached hydrogens (tertiary/aromatic N) is 1. The number of aryl methyl sites for hydroxylation is 1. The van der Waals surface area contributed by atoms with Crippen LogP contribution in [0.2, 0.25) is 0 Å². The van der Waals surface area contributed by atoms with Crippen molar-refractivity contribution < 1.29 is 29.9 Å². The lowest BCUT2D eigenvalue weighted by Crippen LogP contribution is -2.48. The molecule has 53 heavy (non-hydrogen) atoms. The highest BCUT2D eigenvalue weighted by Crippen LogP contribution is 2.70. The number of rotatable bonds is 19. The molecule has 7 aliphatic rings. The van der Waals surface area contributed by atoms with Crippen LogP contribution in [0, 0.1) is 40.5 Å². The van der Waals surface area contributed by atoms with Gasteiger partial charge in [-0.15, -0.1) is 4.99 Å². The fraction of sp³-hybridized carbons (Fsp3) is 0.659. The minimum atomic E-state index is -0.947. The van der Waals surface area contributed by atoms with Gasteiger partial charge in [-0.1, -0.05) is 75.3 Å². The van der Waals surface area contributed by atoms with Crippen LogP contribution < -0.4 is 15.8 Å². The molecule has 0 amide bonds. The van der Waals surface area contributed by atoms with Crippen molar-refractivity contribution in [3.63, 3.8) is 0 Å². The van der Waals surface area contributed by atoms with Crippen LogP contribution in [-0.4, -0.2) is 77.3 Å². The van der Waals surface area contributed by atoms with E-state index in [1.165, 1.54) is 56.9 Å². The third kappa shape index (κ3) is 7.79. The molecule has 1 aromatic carbocycles. The number of aliphatic hydroxyl groups excluding tert-OH is 3. The zero-order valence-corrected chi connectivity index (χ0v) is 31.8. The Bertz CT molecular complexity index is 1530. The number of unbranched alkanes of at least 4 members (excludes halogenated alkanes) is 4. The number of benzene rings is 1. The van der Waals surface area contributed by atoms with Gasteiger partial charge in [0.15, 0.2) is 29.4 Å². The summed E-state index contributed by atoms with van der Waals surface area (Å²) in [7, 11) is 0. The first-order chi connectivity index (χ1) is 25.8. The SMILES string of the molecule is CC(O)CNCC1C2=C[C+](C(O)COc3cc(CCC4=C[C-](CO)C(CCCCCCCN)O4)ccc3O)N=C2C2C=CC13CCCC3C21CCCC1. The van der Waals surface area contributed by atoms with Gasteiger partial charge in [0.2, 0.25) is 0 Å². The van der Waals surface area contributed by atoms with E-state index in [9.17, 15) is 20.4 Å². The summed E-state index contributed by atoms with van der Waals surface area (Å²) in [4.78, 5) is 5.24. The Balaban J connectivity index is 0.992. The van der Waals surface area contributed by atoms with E-state index in [2.05, 4.69) is 23.5 Å². The molecular weight excluding hydrogens is 666 g/mol. The largest absolute Gasteiger partial charge is 0.592 e. The second-order valence-corrected chi connectivity index (χ2v) is 16.8. The minimum absolute atomic E-state index is 0.00223. The van der Waals surface area contributed by atoms with Crippen LogP contribution in [0.15, 0.2) is 58.8 Å². The number of hydrogen-bond donors (Lipinski definition) is 6. The Morgan fingerprint density at radius 3 is 2.70 bits per heavy atom. The standard InChI is InChI=1S/C44H63N3O6/c1-29(49)25-46-26-35-33-24-36(47-42(33)34-16-20-44(35)19-9-11-41(44)43(34)17-6-7-18-43)38(51)28-52-40-22-30(13-15-37(40)50)12-14-32-23-31(27-48)39(53-32)10-5-3-2-4-8-21-45/h13,15-16,20,22-24,29,34-35,38-39,41,46,48-51H,2-12,14,17-19,21,25-28,45H2,1H3. The summed E-state index contributed by atoms with van der Waals surface area (Å²) in [5.74, 6) is 3.32. The Morgan fingerprint density at radius 1 is 1.09 bits per heavy atom. The smallest absolute Gasteiger partial charge is 0.197 e. The van der Waals surface area contributed by atoms with Crippen molar-refractivity contribution >= 4 is 5.71 Å². The predicted octanol–water partition coefficient (Wildman–Crippen LogP) is 6.26. The zero-order chi connectivity index (χ0) is 37.0. The van der Waals surface area contributed by atoms with Crippen LogP contribution in [0.1, 0.15) is 102 Å². The summed E-state index contributed by atoms with van der Waals surface area (Å²) in [6, 6.07) is 6.02. The minimum Gasteiger partial charge on any atom is -0.592 e. The molecule has 9 heteroatoms. The number of aromatic hydroxyl groups is 1. The van der Waals surface area contributed by atoms with Gasteiger partial charge in [-0.05, 0) is 87.4 Å². The van der Waals surface area contributed by atoms with Gasteiger partial charge in [-0.2, -0.15) is 12.0 Å². The summed E-state index contributed by atoms with van der Waals surface area (Å²) in [5, 5.41) is 45.9. The lowest BCUT2D eigenvalue weighted by atomic mass is 9.53. The first-order valence-corrected chi connectivity index (χ1v) is 20.7. The molecule has 7 N–H and O–H groups in total. The maximum atomic E-state index is 11.6. The molecule has 7 unspecified atom stereocenters. The van der Waals surface area contributed by atoms with Gasteiger partial charge in [-0.25, -0.2) is 0 Å². The number of nitrogens with two attached hydrogens (primary N) is 1. The van der Waals surface area contributed by atoms with E-state index in [0.717, 1.165) is 68.1 Å². The second kappa shape index (κ2) is 16.8. The van der Waals surface area contributed by atoms with Crippen molar-refractivity contribution in [2.75, 3.05) is 32.8 Å². The first-order valence-electron chi connectivity index (χ1n) is 20.7. The quantitative estimate of drug-likeness (QED) is 0.0556. The van der Waals surface area contributed by atoms with Gasteiger partial charge < -0.3 is 41.0 Å². The van der Waals surface area contributed by atoms with Crippen LogP contribution in [0.3, 0.4) is 0 Å². The number of ether oxygens (including phenoxy) is 2. The molecule has 2 aliphatic heterocycles. The summed E-state index contributed by atoms with van der Waals surface area (Å²) in [5.41, 5.74) is 9.29. The third-order valence-corrected chi connectivity index (χ3v) is 13.5. The maximum absolute atomic E-state index is 11.6. The van der Waals surface area contributed by atoms with E-state index < -0.39 is 12.2 Å². The Labute approximate surface area is 316 Å². The summed E-state index contributed by atoms with van der Waals surface area (Å²) in [6.07, 6.45) is 24.4. The monoisotopic (exact) mass is 729 g/mol. The molecule has 5 aliphatic carbocycles. The molecule has 0 radical (unpaired) electrons. The zero-order valence-electron chi connectivity index (χ0n) is 31.8. The summed E-state index contributed by atoms with van der Waals surface area (Å²) < 4.78 is 12.4. The van der Waals surface area contributed by atoms with Crippen molar-refractivity contribution in [1.29, 1.82) is 0 Å². The highest BCUT2D eigenvalue weighted by Gasteiger charge is 2.68. The van der Waals surface area contributed by atoms with E-state index in [-0.39, 0.29) is 47.7 Å². The van der Waals surface area contributed by atoms with Gasteiger partial charge >= 0.3 is 0 Å². The Morgan fingerprint density at radius 2 is 1.91 bits per heavy atom. The van der Waals surface area contributed by atoms with Crippen molar-refractivity contribution in [3.05, 3.63) is 71.4 Å². The molecule has 7 atom stereocenters. The van der Waals surface area contributed by atoms with Crippen molar-refractivity contribution in [3.8, 4) is 11.5 Å². The molecule has 0 saturated heterocycles. The molecule has 290 valence electrons. The van der Waals surface area contributed by atoms with E-state index in [4.69, 9.17) is 20.2 Å². The molecule has 0 aromatic heterocycles. The average molecular weight is 730 g/mol. The van der Waals surface area contributed by atoms with Crippen LogP contribution in [0.5, 0.6) is 11.5 Å². The topological polar surface area (TPSA) is 150 Å². The lowest BCUT2D eigenvalue weighted by Gasteiger charge is -2.49. The number of hydrogen-bond acceptors (Lipinski definition) is 9. The van der Waals surface area contributed by atoms with Gasteiger partial charge in [0.05, 0.1) is 24.0 Å². The molecule has 9 nitrogen and oxygen atoms in total. The van der Waals surface area contributed by atoms with Crippen LogP contribution in [0.25, 0.3) is 0 Å². The number of aliphatic imine (C=N–C) groups is 1. The Hall–Kier alpha value is -2.95. The number of allylic oxidation sites excluding steroid dienone is 3. The molecule has 2 spiro atoms. The maximum Gasteiger partial charge on any atom is 0.197 e. The predicted molar refractivity (Wildman–Crippen MR) is 208 cm³/mol. The molecule has 2 heterocycles. The molecule has 3 fully saturated rings. The average Bonchev–Trinajstić information content (AvgIpc) is 3.96. The Kier molecular flexibility index (Phi) is 12.2. The summed E-state index contributed by atoms with van der Waals surface area (Å²) in [6.45, 7) is 3.88. The van der Waals surface area contributed by atoms with Crippen molar-refractivity contribution in [2.24, 2.45) is 39.3 Å². The van der Waals surface area contributed by atoms with E-state index >= 15 is 0 Å². The van der Waals surface area contributed by atoms with E-state index in [0.29, 0.717) is 37.1 Å². The molecule has 8 rings (SSSR count). The van der Waals surface area contributed by atoms with Crippen molar-refractivity contribution in [1.82, 2.24) is 5.32 Å². The highest BCUT2D eigenvalue weighted by molar-refractivity contribution is 6.07. The molecule has 2 bridgehead atoms. The third-order valence-electron chi connectivity index (χ3n) is 13.5. The van der Waals surface area contributed by atoms with Crippen LogP contribution in [-0.2, 0) is 11.2 Å². The summed E-state index contributed by atoms with van der Waals surface area (Å²) >= 11 is 0. The lowest BCUT2D eigenvalue weighted by molar-refractivity contribution is 0.0313. The normalized spacial score (nSPS) is 29.1. The van der Waals surface area contributed by atoms with Gasteiger partial charge in [0.25, 0.3) is 0 Å². The van der Waals surface area contributed by atoms with Crippen molar-refractivity contribution in [2.45, 2.75) is 122 Å². The molecule has 1 aromatic rings.